The maximum Gasteiger partial charge on any atom is 0.226 e. The molecule has 5 atom stereocenters. The SMILES string of the molecule is N#C[C@@H](N[C@@H](CO)c1ccccc1)[C@@H]1[C@@H](CCC2c3ccccc3Oc3ccccc32)[C@H]1C(=O)N1CCOCC1. The van der Waals surface area contributed by atoms with Crippen molar-refractivity contribution in [2.45, 2.75) is 30.8 Å². The first-order valence-corrected chi connectivity index (χ1v) is 14.2. The minimum Gasteiger partial charge on any atom is -0.457 e. The van der Waals surface area contributed by atoms with Gasteiger partial charge in [0.05, 0.1) is 38.0 Å². The summed E-state index contributed by atoms with van der Waals surface area (Å²) in [5, 5.41) is 23.8. The number of ether oxygens (including phenoxy) is 2. The molecule has 1 saturated heterocycles. The normalized spacial score (nSPS) is 23.2. The van der Waals surface area contributed by atoms with Crippen molar-refractivity contribution >= 4 is 5.91 Å². The lowest BCUT2D eigenvalue weighted by molar-refractivity contribution is -0.137. The van der Waals surface area contributed by atoms with E-state index in [-0.39, 0.29) is 42.2 Å². The van der Waals surface area contributed by atoms with Gasteiger partial charge in [0.1, 0.15) is 11.5 Å². The zero-order valence-corrected chi connectivity index (χ0v) is 22.5. The predicted octanol–water partition coefficient (Wildman–Crippen LogP) is 4.64. The Labute approximate surface area is 235 Å². The molecule has 7 nitrogen and oxygen atoms in total. The molecular formula is C33H35N3O4. The van der Waals surface area contributed by atoms with E-state index in [0.717, 1.165) is 41.0 Å². The van der Waals surface area contributed by atoms with Crippen LogP contribution in [0, 0.1) is 29.1 Å². The van der Waals surface area contributed by atoms with Crippen LogP contribution < -0.4 is 10.1 Å². The second-order valence-electron chi connectivity index (χ2n) is 10.9. The standard InChI is InChI=1S/C33H35N3O4/c34-20-27(35-28(21-37)22-8-2-1-3-9-22)31-26(32(31)33(38)36-16-18-39-19-17-36)15-14-23-24-10-4-6-12-29(24)40-30-13-7-5-11-25(23)30/h1-13,23,26-28,31-32,35,37H,14-19,21H2/t26-,27-,28+,31+,32-/m1/s1. The molecule has 6 rings (SSSR count). The van der Waals surface area contributed by atoms with E-state index in [1.54, 1.807) is 0 Å². The molecule has 40 heavy (non-hydrogen) atoms. The topological polar surface area (TPSA) is 94.8 Å². The summed E-state index contributed by atoms with van der Waals surface area (Å²) in [5.74, 6) is 1.76. The monoisotopic (exact) mass is 537 g/mol. The van der Waals surface area contributed by atoms with E-state index >= 15 is 0 Å². The fourth-order valence-corrected chi connectivity index (χ4v) is 6.64. The Kier molecular flexibility index (Phi) is 7.83. The fourth-order valence-electron chi connectivity index (χ4n) is 6.64. The number of hydrogen-bond acceptors (Lipinski definition) is 6. The Balaban J connectivity index is 1.24. The van der Waals surface area contributed by atoms with Gasteiger partial charge in [0.25, 0.3) is 0 Å². The zero-order chi connectivity index (χ0) is 27.5. The van der Waals surface area contributed by atoms with Gasteiger partial charge in [0, 0.05) is 42.0 Å². The number of carbonyl (C=O) groups is 1. The summed E-state index contributed by atoms with van der Waals surface area (Å²) in [7, 11) is 0. The van der Waals surface area contributed by atoms with E-state index in [2.05, 4.69) is 23.5 Å². The minimum absolute atomic E-state index is 0.0739. The van der Waals surface area contributed by atoms with Crippen molar-refractivity contribution in [2.75, 3.05) is 32.9 Å². The highest BCUT2D eigenvalue weighted by Gasteiger charge is 2.59. The highest BCUT2D eigenvalue weighted by molar-refractivity contribution is 5.82. The average molecular weight is 538 g/mol. The van der Waals surface area contributed by atoms with Gasteiger partial charge in [0.15, 0.2) is 0 Å². The highest BCUT2D eigenvalue weighted by Crippen LogP contribution is 2.55. The zero-order valence-electron chi connectivity index (χ0n) is 22.5. The van der Waals surface area contributed by atoms with Gasteiger partial charge in [-0.2, -0.15) is 5.26 Å². The third-order valence-corrected chi connectivity index (χ3v) is 8.72. The summed E-state index contributed by atoms with van der Waals surface area (Å²) in [6.45, 7) is 2.14. The van der Waals surface area contributed by atoms with Crippen LogP contribution in [0.3, 0.4) is 0 Å². The number of para-hydroxylation sites is 2. The molecule has 7 heteroatoms. The van der Waals surface area contributed by atoms with Crippen molar-refractivity contribution in [2.24, 2.45) is 17.8 Å². The molecule has 1 saturated carbocycles. The van der Waals surface area contributed by atoms with Crippen LogP contribution in [0.2, 0.25) is 0 Å². The molecule has 1 aliphatic carbocycles. The fraction of sp³-hybridized carbons (Fsp3) is 0.394. The van der Waals surface area contributed by atoms with E-state index in [0.29, 0.717) is 26.3 Å². The molecule has 0 aromatic heterocycles. The Morgan fingerprint density at radius 1 is 0.950 bits per heavy atom. The number of aliphatic hydroxyl groups is 1. The predicted molar refractivity (Wildman–Crippen MR) is 151 cm³/mol. The van der Waals surface area contributed by atoms with Crippen LogP contribution in [0.15, 0.2) is 78.9 Å². The molecule has 2 heterocycles. The van der Waals surface area contributed by atoms with Gasteiger partial charge >= 0.3 is 0 Å². The summed E-state index contributed by atoms with van der Waals surface area (Å²) in [6.07, 6.45) is 1.67. The first-order chi connectivity index (χ1) is 19.7. The molecule has 0 radical (unpaired) electrons. The molecule has 0 unspecified atom stereocenters. The molecule has 0 bridgehead atoms. The molecule has 206 valence electrons. The second kappa shape index (κ2) is 11.8. The van der Waals surface area contributed by atoms with Crippen molar-refractivity contribution in [3.05, 3.63) is 95.6 Å². The van der Waals surface area contributed by atoms with Crippen LogP contribution in [0.1, 0.15) is 41.5 Å². The largest absolute Gasteiger partial charge is 0.457 e. The molecule has 0 spiro atoms. The molecule has 2 N–H and O–H groups in total. The van der Waals surface area contributed by atoms with E-state index in [4.69, 9.17) is 9.47 Å². The van der Waals surface area contributed by atoms with E-state index in [1.165, 1.54) is 0 Å². The number of nitrogens with zero attached hydrogens (tertiary/aromatic N) is 2. The van der Waals surface area contributed by atoms with Crippen LogP contribution in [0.4, 0.5) is 0 Å². The van der Waals surface area contributed by atoms with E-state index in [1.807, 2.05) is 71.6 Å². The molecular weight excluding hydrogens is 502 g/mol. The third-order valence-electron chi connectivity index (χ3n) is 8.72. The summed E-state index contributed by atoms with van der Waals surface area (Å²) < 4.78 is 11.7. The first-order valence-electron chi connectivity index (χ1n) is 14.2. The van der Waals surface area contributed by atoms with E-state index in [9.17, 15) is 15.2 Å². The number of aliphatic hydroxyl groups excluding tert-OH is 1. The van der Waals surface area contributed by atoms with Gasteiger partial charge in [-0.1, -0.05) is 66.7 Å². The lowest BCUT2D eigenvalue weighted by Crippen LogP contribution is -2.43. The maximum absolute atomic E-state index is 13.7. The van der Waals surface area contributed by atoms with Gasteiger partial charge in [-0.15, -0.1) is 0 Å². The van der Waals surface area contributed by atoms with Gasteiger partial charge in [-0.05, 0) is 36.5 Å². The van der Waals surface area contributed by atoms with Crippen LogP contribution in [0.5, 0.6) is 11.5 Å². The van der Waals surface area contributed by atoms with Crippen LogP contribution >= 0.6 is 0 Å². The van der Waals surface area contributed by atoms with Gasteiger partial charge in [0.2, 0.25) is 5.91 Å². The smallest absolute Gasteiger partial charge is 0.226 e. The molecule has 3 aromatic carbocycles. The third kappa shape index (κ3) is 5.23. The number of benzene rings is 3. The second-order valence-corrected chi connectivity index (χ2v) is 10.9. The Bertz CT molecular complexity index is 1320. The van der Waals surface area contributed by atoms with Gasteiger partial charge < -0.3 is 19.5 Å². The number of carbonyl (C=O) groups excluding carboxylic acids is 1. The minimum atomic E-state index is -0.549. The van der Waals surface area contributed by atoms with Crippen molar-refractivity contribution in [3.8, 4) is 17.6 Å². The number of amides is 1. The molecule has 1 amide bonds. The Morgan fingerprint density at radius 2 is 1.57 bits per heavy atom. The van der Waals surface area contributed by atoms with Crippen molar-refractivity contribution < 1.29 is 19.4 Å². The van der Waals surface area contributed by atoms with Gasteiger partial charge in [-0.3, -0.25) is 10.1 Å². The number of hydrogen-bond donors (Lipinski definition) is 2. The summed E-state index contributed by atoms with van der Waals surface area (Å²) in [6, 6.07) is 27.5. The Hall–Kier alpha value is -3.70. The number of rotatable bonds is 9. The summed E-state index contributed by atoms with van der Waals surface area (Å²) in [5.41, 5.74) is 3.25. The molecule has 3 aromatic rings. The Morgan fingerprint density at radius 3 is 2.20 bits per heavy atom. The number of nitrogens with one attached hydrogen (secondary N) is 1. The summed E-state index contributed by atoms with van der Waals surface area (Å²) in [4.78, 5) is 15.6. The lowest BCUT2D eigenvalue weighted by Gasteiger charge is -2.28. The number of fused-ring (bicyclic) bond motifs is 2. The average Bonchev–Trinajstić information content (AvgIpc) is 3.74. The number of nitriles is 1. The van der Waals surface area contributed by atoms with E-state index < -0.39 is 6.04 Å². The van der Waals surface area contributed by atoms with Crippen LogP contribution in [-0.4, -0.2) is 54.9 Å². The molecule has 2 aliphatic heterocycles. The number of morpholine rings is 1. The quantitative estimate of drug-likeness (QED) is 0.413. The van der Waals surface area contributed by atoms with Crippen molar-refractivity contribution in [3.63, 3.8) is 0 Å². The first kappa shape index (κ1) is 26.5. The lowest BCUT2D eigenvalue weighted by atomic mass is 9.84. The summed E-state index contributed by atoms with van der Waals surface area (Å²) >= 11 is 0. The van der Waals surface area contributed by atoms with Crippen LogP contribution in [0.25, 0.3) is 0 Å². The van der Waals surface area contributed by atoms with Crippen LogP contribution in [-0.2, 0) is 9.53 Å². The van der Waals surface area contributed by atoms with Crippen molar-refractivity contribution in [1.29, 1.82) is 5.26 Å². The van der Waals surface area contributed by atoms with Gasteiger partial charge in [-0.25, -0.2) is 0 Å². The molecule has 2 fully saturated rings. The highest BCUT2D eigenvalue weighted by atomic mass is 16.5. The molecule has 3 aliphatic rings. The maximum atomic E-state index is 13.7. The van der Waals surface area contributed by atoms with Crippen molar-refractivity contribution in [1.82, 2.24) is 10.2 Å².